The molecule has 1 heterocycles. The SMILES string of the molecule is Nc1cc(C(=O)NC2CCCCCC2O)c([N+](=O)[O-])cn1. The Hall–Kier alpha value is -2.22. The number of aliphatic hydroxyl groups is 1. The van der Waals surface area contributed by atoms with Gasteiger partial charge in [-0.1, -0.05) is 19.3 Å². The number of hydrogen-bond acceptors (Lipinski definition) is 6. The zero-order valence-corrected chi connectivity index (χ0v) is 11.5. The Bertz CT molecular complexity index is 549. The first-order valence-electron chi connectivity index (χ1n) is 6.88. The van der Waals surface area contributed by atoms with Crippen LogP contribution < -0.4 is 11.1 Å². The maximum absolute atomic E-state index is 12.2. The van der Waals surface area contributed by atoms with Crippen molar-refractivity contribution in [1.29, 1.82) is 0 Å². The molecule has 2 rings (SSSR count). The van der Waals surface area contributed by atoms with E-state index in [4.69, 9.17) is 5.73 Å². The number of nitrogens with zero attached hydrogens (tertiary/aromatic N) is 2. The van der Waals surface area contributed by atoms with Crippen molar-refractivity contribution in [2.75, 3.05) is 5.73 Å². The minimum atomic E-state index is -0.676. The Morgan fingerprint density at radius 3 is 2.86 bits per heavy atom. The van der Waals surface area contributed by atoms with Gasteiger partial charge in [-0.3, -0.25) is 14.9 Å². The molecule has 1 fully saturated rings. The van der Waals surface area contributed by atoms with Gasteiger partial charge in [0, 0.05) is 0 Å². The van der Waals surface area contributed by atoms with Crippen molar-refractivity contribution in [2.24, 2.45) is 0 Å². The topological polar surface area (TPSA) is 131 Å². The van der Waals surface area contributed by atoms with Crippen LogP contribution in [-0.2, 0) is 0 Å². The predicted octanol–water partition coefficient (Wildman–Crippen LogP) is 0.995. The lowest BCUT2D eigenvalue weighted by atomic mass is 10.1. The number of carbonyl (C=O) groups excluding carboxylic acids is 1. The lowest BCUT2D eigenvalue weighted by Gasteiger charge is -2.21. The Labute approximate surface area is 121 Å². The first kappa shape index (κ1) is 15.2. The molecule has 114 valence electrons. The van der Waals surface area contributed by atoms with Gasteiger partial charge in [0.25, 0.3) is 11.6 Å². The molecule has 1 saturated carbocycles. The quantitative estimate of drug-likeness (QED) is 0.433. The Morgan fingerprint density at radius 2 is 2.14 bits per heavy atom. The van der Waals surface area contributed by atoms with Crippen LogP contribution in [0, 0.1) is 10.1 Å². The number of aromatic nitrogens is 1. The molecule has 21 heavy (non-hydrogen) atoms. The van der Waals surface area contributed by atoms with Crippen LogP contribution >= 0.6 is 0 Å². The van der Waals surface area contributed by atoms with Crippen LogP contribution in [0.5, 0.6) is 0 Å². The van der Waals surface area contributed by atoms with Crippen molar-refractivity contribution < 1.29 is 14.8 Å². The van der Waals surface area contributed by atoms with Gasteiger partial charge in [-0.15, -0.1) is 0 Å². The average molecular weight is 294 g/mol. The molecule has 1 amide bonds. The number of nitro groups is 1. The van der Waals surface area contributed by atoms with Gasteiger partial charge in [0.2, 0.25) is 0 Å². The molecular weight excluding hydrogens is 276 g/mol. The molecule has 0 saturated heterocycles. The number of nitrogen functional groups attached to an aromatic ring is 1. The fourth-order valence-corrected chi connectivity index (χ4v) is 2.49. The van der Waals surface area contributed by atoms with E-state index in [1.54, 1.807) is 0 Å². The van der Waals surface area contributed by atoms with Gasteiger partial charge in [-0.2, -0.15) is 0 Å². The average Bonchev–Trinajstić information content (AvgIpc) is 2.63. The second-order valence-corrected chi connectivity index (χ2v) is 5.17. The number of hydrogen-bond donors (Lipinski definition) is 3. The van der Waals surface area contributed by atoms with Gasteiger partial charge in [0.15, 0.2) is 0 Å². The minimum Gasteiger partial charge on any atom is -0.391 e. The van der Waals surface area contributed by atoms with E-state index in [9.17, 15) is 20.0 Å². The minimum absolute atomic E-state index is 0.0344. The fourth-order valence-electron chi connectivity index (χ4n) is 2.49. The third-order valence-electron chi connectivity index (χ3n) is 3.64. The largest absolute Gasteiger partial charge is 0.391 e. The molecule has 0 spiro atoms. The third-order valence-corrected chi connectivity index (χ3v) is 3.64. The van der Waals surface area contributed by atoms with Crippen LogP contribution in [0.25, 0.3) is 0 Å². The van der Waals surface area contributed by atoms with E-state index in [0.717, 1.165) is 25.5 Å². The molecule has 1 aliphatic carbocycles. The highest BCUT2D eigenvalue weighted by Crippen LogP contribution is 2.22. The summed E-state index contributed by atoms with van der Waals surface area (Å²) in [5, 5.41) is 23.6. The standard InChI is InChI=1S/C13H18N4O4/c14-12-6-8(10(7-15-12)17(20)21)13(19)16-9-4-2-1-3-5-11(9)18/h6-7,9,11,18H,1-5H2,(H2,14,15)(H,16,19). The maximum Gasteiger partial charge on any atom is 0.300 e. The number of aliphatic hydroxyl groups excluding tert-OH is 1. The van der Waals surface area contributed by atoms with E-state index in [-0.39, 0.29) is 11.4 Å². The van der Waals surface area contributed by atoms with Crippen LogP contribution in [0.2, 0.25) is 0 Å². The number of nitrogens with two attached hydrogens (primary N) is 1. The lowest BCUT2D eigenvalue weighted by Crippen LogP contribution is -2.42. The molecule has 0 bridgehead atoms. The Balaban J connectivity index is 2.19. The van der Waals surface area contributed by atoms with E-state index < -0.39 is 28.7 Å². The number of pyridine rings is 1. The van der Waals surface area contributed by atoms with Gasteiger partial charge < -0.3 is 16.2 Å². The molecule has 1 aliphatic rings. The highest BCUT2D eigenvalue weighted by Gasteiger charge is 2.27. The monoisotopic (exact) mass is 294 g/mol. The van der Waals surface area contributed by atoms with Crippen molar-refractivity contribution in [2.45, 2.75) is 44.2 Å². The van der Waals surface area contributed by atoms with Gasteiger partial charge in [0.05, 0.1) is 17.1 Å². The molecular formula is C13H18N4O4. The van der Waals surface area contributed by atoms with Crippen molar-refractivity contribution >= 4 is 17.4 Å². The molecule has 1 aromatic rings. The molecule has 0 radical (unpaired) electrons. The zero-order chi connectivity index (χ0) is 15.4. The molecule has 2 unspecified atom stereocenters. The summed E-state index contributed by atoms with van der Waals surface area (Å²) in [6.07, 6.45) is 4.43. The Kier molecular flexibility index (Phi) is 4.69. The molecule has 8 heteroatoms. The smallest absolute Gasteiger partial charge is 0.300 e. The Morgan fingerprint density at radius 1 is 1.43 bits per heavy atom. The summed E-state index contributed by atoms with van der Waals surface area (Å²) in [6, 6.07) is 0.783. The van der Waals surface area contributed by atoms with E-state index >= 15 is 0 Å². The van der Waals surface area contributed by atoms with Gasteiger partial charge >= 0.3 is 0 Å². The molecule has 2 atom stereocenters. The maximum atomic E-state index is 12.2. The van der Waals surface area contributed by atoms with Crippen molar-refractivity contribution in [3.8, 4) is 0 Å². The second kappa shape index (κ2) is 6.49. The van der Waals surface area contributed by atoms with Crippen LogP contribution in [0.1, 0.15) is 42.5 Å². The van der Waals surface area contributed by atoms with E-state index in [0.29, 0.717) is 12.8 Å². The van der Waals surface area contributed by atoms with Crippen LogP contribution in [-0.4, -0.2) is 33.1 Å². The summed E-state index contributed by atoms with van der Waals surface area (Å²) >= 11 is 0. The number of anilines is 1. The van der Waals surface area contributed by atoms with Crippen LogP contribution in [0.4, 0.5) is 11.5 Å². The molecule has 1 aromatic heterocycles. The van der Waals surface area contributed by atoms with Gasteiger partial charge in [0.1, 0.15) is 17.6 Å². The summed E-state index contributed by atoms with van der Waals surface area (Å²) in [5.74, 6) is -0.575. The second-order valence-electron chi connectivity index (χ2n) is 5.17. The number of rotatable bonds is 3. The summed E-state index contributed by atoms with van der Waals surface area (Å²) in [7, 11) is 0. The van der Waals surface area contributed by atoms with Gasteiger partial charge in [-0.05, 0) is 18.9 Å². The number of nitrogens with one attached hydrogen (secondary N) is 1. The van der Waals surface area contributed by atoms with Crippen LogP contribution in [0.15, 0.2) is 12.3 Å². The predicted molar refractivity (Wildman–Crippen MR) is 75.6 cm³/mol. The summed E-state index contributed by atoms with van der Waals surface area (Å²) < 4.78 is 0. The number of amides is 1. The summed E-state index contributed by atoms with van der Waals surface area (Å²) in [6.45, 7) is 0. The lowest BCUT2D eigenvalue weighted by molar-refractivity contribution is -0.385. The van der Waals surface area contributed by atoms with Crippen molar-refractivity contribution in [1.82, 2.24) is 10.3 Å². The van der Waals surface area contributed by atoms with Crippen LogP contribution in [0.3, 0.4) is 0 Å². The first-order chi connectivity index (χ1) is 9.99. The highest BCUT2D eigenvalue weighted by atomic mass is 16.6. The number of carbonyl (C=O) groups is 1. The van der Waals surface area contributed by atoms with Crippen molar-refractivity contribution in [3.05, 3.63) is 27.9 Å². The fraction of sp³-hybridized carbons (Fsp3) is 0.538. The van der Waals surface area contributed by atoms with Gasteiger partial charge in [-0.25, -0.2) is 4.98 Å². The summed E-state index contributed by atoms with van der Waals surface area (Å²) in [5.41, 5.74) is 4.95. The normalized spacial score (nSPS) is 22.3. The zero-order valence-electron chi connectivity index (χ0n) is 11.5. The molecule has 0 aliphatic heterocycles. The molecule has 0 aromatic carbocycles. The van der Waals surface area contributed by atoms with E-state index in [1.807, 2.05) is 0 Å². The van der Waals surface area contributed by atoms with Crippen molar-refractivity contribution in [3.63, 3.8) is 0 Å². The molecule has 4 N–H and O–H groups in total. The first-order valence-corrected chi connectivity index (χ1v) is 6.88. The highest BCUT2D eigenvalue weighted by molar-refractivity contribution is 5.98. The third kappa shape index (κ3) is 3.66. The summed E-state index contributed by atoms with van der Waals surface area (Å²) in [4.78, 5) is 26.1. The van der Waals surface area contributed by atoms with E-state index in [2.05, 4.69) is 10.3 Å². The molecule has 8 nitrogen and oxygen atoms in total. The van der Waals surface area contributed by atoms with E-state index in [1.165, 1.54) is 6.07 Å².